The van der Waals surface area contributed by atoms with Gasteiger partial charge in [-0.3, -0.25) is 4.98 Å². The van der Waals surface area contributed by atoms with Gasteiger partial charge in [0.2, 0.25) is 0 Å². The van der Waals surface area contributed by atoms with Crippen LogP contribution in [0.25, 0.3) is 0 Å². The van der Waals surface area contributed by atoms with E-state index in [-0.39, 0.29) is 5.54 Å². The van der Waals surface area contributed by atoms with Crippen molar-refractivity contribution in [1.29, 1.82) is 0 Å². The molecule has 1 fully saturated rings. The van der Waals surface area contributed by atoms with Gasteiger partial charge in [0.25, 0.3) is 0 Å². The summed E-state index contributed by atoms with van der Waals surface area (Å²) in [5.74, 6) is 0. The quantitative estimate of drug-likeness (QED) is 0.733. The summed E-state index contributed by atoms with van der Waals surface area (Å²) >= 11 is 0. The van der Waals surface area contributed by atoms with Gasteiger partial charge >= 0.3 is 0 Å². The van der Waals surface area contributed by atoms with Crippen LogP contribution in [-0.2, 0) is 5.54 Å². The molecule has 1 atom stereocenters. The molecule has 3 N–H and O–H groups in total. The third kappa shape index (κ3) is 1.65. The first kappa shape index (κ1) is 9.62. The SMILES string of the molecule is NCC1(c2cccnc2)CCCCN1. The van der Waals surface area contributed by atoms with Crippen molar-refractivity contribution in [3.05, 3.63) is 30.1 Å². The Hall–Kier alpha value is -0.930. The summed E-state index contributed by atoms with van der Waals surface area (Å²) in [6.45, 7) is 1.71. The van der Waals surface area contributed by atoms with Crippen LogP contribution in [0, 0.1) is 0 Å². The topological polar surface area (TPSA) is 50.9 Å². The maximum absolute atomic E-state index is 5.88. The van der Waals surface area contributed by atoms with Crippen LogP contribution < -0.4 is 11.1 Å². The Kier molecular flexibility index (Phi) is 2.79. The standard InChI is InChI=1S/C11H17N3/c12-9-11(5-1-2-7-14-11)10-4-3-6-13-8-10/h3-4,6,8,14H,1-2,5,7,9,12H2. The van der Waals surface area contributed by atoms with E-state index in [4.69, 9.17) is 5.73 Å². The summed E-state index contributed by atoms with van der Waals surface area (Å²) in [6.07, 6.45) is 7.35. The third-order valence-electron chi connectivity index (χ3n) is 3.06. The maximum Gasteiger partial charge on any atom is 0.0574 e. The van der Waals surface area contributed by atoms with Crippen molar-refractivity contribution < 1.29 is 0 Å². The van der Waals surface area contributed by atoms with Crippen molar-refractivity contribution >= 4 is 0 Å². The molecule has 0 aromatic carbocycles. The zero-order valence-corrected chi connectivity index (χ0v) is 8.37. The van der Waals surface area contributed by atoms with Crippen LogP contribution in [0.2, 0.25) is 0 Å². The molecule has 3 nitrogen and oxygen atoms in total. The molecule has 0 spiro atoms. The number of pyridine rings is 1. The Morgan fingerprint density at radius 3 is 3.00 bits per heavy atom. The lowest BCUT2D eigenvalue weighted by molar-refractivity contribution is 0.265. The number of rotatable bonds is 2. The molecule has 1 aromatic heterocycles. The van der Waals surface area contributed by atoms with E-state index in [1.54, 1.807) is 6.20 Å². The van der Waals surface area contributed by atoms with Gasteiger partial charge in [0.05, 0.1) is 5.54 Å². The molecule has 0 amide bonds. The van der Waals surface area contributed by atoms with Gasteiger partial charge in [-0.2, -0.15) is 0 Å². The normalized spacial score (nSPS) is 27.5. The molecule has 0 radical (unpaired) electrons. The fourth-order valence-electron chi connectivity index (χ4n) is 2.15. The fraction of sp³-hybridized carbons (Fsp3) is 0.545. The summed E-state index contributed by atoms with van der Waals surface area (Å²) in [5, 5.41) is 3.53. The van der Waals surface area contributed by atoms with E-state index in [0.29, 0.717) is 6.54 Å². The number of aromatic nitrogens is 1. The van der Waals surface area contributed by atoms with Gasteiger partial charge in [-0.15, -0.1) is 0 Å². The van der Waals surface area contributed by atoms with E-state index < -0.39 is 0 Å². The summed E-state index contributed by atoms with van der Waals surface area (Å²) in [4.78, 5) is 4.16. The van der Waals surface area contributed by atoms with E-state index in [9.17, 15) is 0 Å². The Morgan fingerprint density at radius 1 is 1.50 bits per heavy atom. The molecule has 1 aliphatic heterocycles. The number of hydrogen-bond donors (Lipinski definition) is 2. The number of nitrogens with two attached hydrogens (primary N) is 1. The molecule has 2 heterocycles. The van der Waals surface area contributed by atoms with Crippen molar-refractivity contribution in [3.8, 4) is 0 Å². The van der Waals surface area contributed by atoms with Crippen molar-refractivity contribution in [2.45, 2.75) is 24.8 Å². The lowest BCUT2D eigenvalue weighted by Gasteiger charge is -2.37. The predicted molar refractivity (Wildman–Crippen MR) is 56.8 cm³/mol. The smallest absolute Gasteiger partial charge is 0.0574 e. The van der Waals surface area contributed by atoms with Crippen molar-refractivity contribution in [2.75, 3.05) is 13.1 Å². The summed E-state index contributed by atoms with van der Waals surface area (Å²) in [5.41, 5.74) is 7.08. The fourth-order valence-corrected chi connectivity index (χ4v) is 2.15. The van der Waals surface area contributed by atoms with Gasteiger partial charge < -0.3 is 11.1 Å². The Balaban J connectivity index is 2.27. The third-order valence-corrected chi connectivity index (χ3v) is 3.06. The second kappa shape index (κ2) is 4.07. The largest absolute Gasteiger partial charge is 0.328 e. The van der Waals surface area contributed by atoms with Crippen LogP contribution in [0.5, 0.6) is 0 Å². The predicted octanol–water partition coefficient (Wildman–Crippen LogP) is 1.01. The second-order valence-corrected chi connectivity index (χ2v) is 3.91. The molecular weight excluding hydrogens is 174 g/mol. The van der Waals surface area contributed by atoms with Gasteiger partial charge in [0, 0.05) is 18.9 Å². The first-order chi connectivity index (χ1) is 6.87. The van der Waals surface area contributed by atoms with Crippen LogP contribution in [0.3, 0.4) is 0 Å². The molecule has 1 saturated heterocycles. The first-order valence-corrected chi connectivity index (χ1v) is 5.23. The average molecular weight is 191 g/mol. The highest BCUT2D eigenvalue weighted by molar-refractivity contribution is 5.22. The molecule has 1 aliphatic rings. The molecule has 14 heavy (non-hydrogen) atoms. The van der Waals surface area contributed by atoms with Gasteiger partial charge in [-0.25, -0.2) is 0 Å². The van der Waals surface area contributed by atoms with E-state index in [1.165, 1.54) is 18.4 Å². The molecule has 1 unspecified atom stereocenters. The van der Waals surface area contributed by atoms with Crippen LogP contribution in [-0.4, -0.2) is 18.1 Å². The van der Waals surface area contributed by atoms with E-state index in [1.807, 2.05) is 12.3 Å². The average Bonchev–Trinajstić information content (AvgIpc) is 2.31. The van der Waals surface area contributed by atoms with Crippen molar-refractivity contribution in [2.24, 2.45) is 5.73 Å². The molecule has 1 aromatic rings. The van der Waals surface area contributed by atoms with E-state index in [2.05, 4.69) is 16.4 Å². The molecule has 0 aliphatic carbocycles. The lowest BCUT2D eigenvalue weighted by atomic mass is 9.83. The summed E-state index contributed by atoms with van der Waals surface area (Å²) in [6, 6.07) is 4.08. The minimum Gasteiger partial charge on any atom is -0.328 e. The first-order valence-electron chi connectivity index (χ1n) is 5.23. The molecule has 76 valence electrons. The highest BCUT2D eigenvalue weighted by Crippen LogP contribution is 2.28. The van der Waals surface area contributed by atoms with Crippen molar-refractivity contribution in [3.63, 3.8) is 0 Å². The van der Waals surface area contributed by atoms with E-state index >= 15 is 0 Å². The van der Waals surface area contributed by atoms with Gasteiger partial charge in [-0.05, 0) is 37.4 Å². The van der Waals surface area contributed by atoms with Crippen LogP contribution >= 0.6 is 0 Å². The zero-order valence-electron chi connectivity index (χ0n) is 8.37. The molecule has 3 heteroatoms. The molecule has 0 bridgehead atoms. The maximum atomic E-state index is 5.88. The van der Waals surface area contributed by atoms with Gasteiger partial charge in [0.15, 0.2) is 0 Å². The molecule has 0 saturated carbocycles. The highest BCUT2D eigenvalue weighted by Gasteiger charge is 2.31. The minimum atomic E-state index is -0.0213. The van der Waals surface area contributed by atoms with E-state index in [0.717, 1.165) is 13.0 Å². The summed E-state index contributed by atoms with van der Waals surface area (Å²) < 4.78 is 0. The Morgan fingerprint density at radius 2 is 2.43 bits per heavy atom. The Labute approximate surface area is 84.7 Å². The highest BCUT2D eigenvalue weighted by atomic mass is 15.0. The van der Waals surface area contributed by atoms with Crippen LogP contribution in [0.4, 0.5) is 0 Å². The number of nitrogens with zero attached hydrogens (tertiary/aromatic N) is 1. The van der Waals surface area contributed by atoms with Gasteiger partial charge in [0.1, 0.15) is 0 Å². The Bertz CT molecular complexity index is 278. The number of hydrogen-bond acceptors (Lipinski definition) is 3. The second-order valence-electron chi connectivity index (χ2n) is 3.91. The van der Waals surface area contributed by atoms with Crippen molar-refractivity contribution in [1.82, 2.24) is 10.3 Å². The molecular formula is C11H17N3. The van der Waals surface area contributed by atoms with Gasteiger partial charge in [-0.1, -0.05) is 6.07 Å². The minimum absolute atomic E-state index is 0.0213. The van der Waals surface area contributed by atoms with Crippen LogP contribution in [0.15, 0.2) is 24.5 Å². The zero-order chi connectivity index (χ0) is 9.86. The van der Waals surface area contributed by atoms with Crippen LogP contribution in [0.1, 0.15) is 24.8 Å². The number of piperidine rings is 1. The molecule has 2 rings (SSSR count). The monoisotopic (exact) mass is 191 g/mol. The number of nitrogens with one attached hydrogen (secondary N) is 1. The lowest BCUT2D eigenvalue weighted by Crippen LogP contribution is -2.51. The summed E-state index contributed by atoms with van der Waals surface area (Å²) in [7, 11) is 0.